The van der Waals surface area contributed by atoms with Gasteiger partial charge in [0.2, 0.25) is 0 Å². The highest BCUT2D eigenvalue weighted by atomic mass is 32.1. The molecule has 6 nitrogen and oxygen atoms in total. The van der Waals surface area contributed by atoms with E-state index in [0.29, 0.717) is 28.4 Å². The minimum absolute atomic E-state index is 0.185. The van der Waals surface area contributed by atoms with Crippen molar-refractivity contribution in [1.29, 1.82) is 0 Å². The van der Waals surface area contributed by atoms with Crippen LogP contribution in [0.2, 0.25) is 0 Å². The standard InChI is InChI=1S/C25H24N2O4S/c1-3-31-25(29)17-9-11-18(12-10-17)27-23(28)22-20-5-4-6-21(20)32-24(22)26-15-16-7-13-19(30-2)14-8-16/h7-15H,3-6H2,1-2H3,(H,27,28)/b26-15+. The van der Waals surface area contributed by atoms with E-state index in [1.54, 1.807) is 55.9 Å². The van der Waals surface area contributed by atoms with Gasteiger partial charge in [0.1, 0.15) is 10.8 Å². The number of carbonyl (C=O) groups excluding carboxylic acids is 2. The number of amides is 1. The van der Waals surface area contributed by atoms with Gasteiger partial charge in [0.25, 0.3) is 5.91 Å². The number of fused-ring (bicyclic) bond motifs is 1. The average Bonchev–Trinajstić information content (AvgIpc) is 3.39. The molecule has 4 rings (SSSR count). The van der Waals surface area contributed by atoms with Crippen LogP contribution in [0.3, 0.4) is 0 Å². The molecule has 1 heterocycles. The Balaban J connectivity index is 1.55. The topological polar surface area (TPSA) is 77.0 Å². The molecule has 0 spiro atoms. The number of esters is 1. The Morgan fingerprint density at radius 1 is 1.09 bits per heavy atom. The molecule has 0 atom stereocenters. The lowest BCUT2D eigenvalue weighted by Crippen LogP contribution is -2.13. The van der Waals surface area contributed by atoms with Crippen LogP contribution in [-0.2, 0) is 17.6 Å². The number of anilines is 1. The predicted octanol–water partition coefficient (Wildman–Crippen LogP) is 5.43. The predicted molar refractivity (Wildman–Crippen MR) is 127 cm³/mol. The maximum atomic E-state index is 13.2. The number of nitrogens with zero attached hydrogens (tertiary/aromatic N) is 1. The average molecular weight is 449 g/mol. The van der Waals surface area contributed by atoms with Gasteiger partial charge in [-0.15, -0.1) is 11.3 Å². The summed E-state index contributed by atoms with van der Waals surface area (Å²) in [4.78, 5) is 30.9. The van der Waals surface area contributed by atoms with Crippen molar-refractivity contribution >= 4 is 40.1 Å². The fourth-order valence-electron chi connectivity index (χ4n) is 3.64. The number of benzene rings is 2. The van der Waals surface area contributed by atoms with Crippen LogP contribution in [-0.4, -0.2) is 31.8 Å². The minimum Gasteiger partial charge on any atom is -0.497 e. The molecule has 0 saturated carbocycles. The van der Waals surface area contributed by atoms with Crippen molar-refractivity contribution in [3.05, 3.63) is 75.7 Å². The molecule has 164 valence electrons. The van der Waals surface area contributed by atoms with Crippen LogP contribution in [0.5, 0.6) is 5.75 Å². The first-order valence-electron chi connectivity index (χ1n) is 10.5. The Morgan fingerprint density at radius 3 is 2.53 bits per heavy atom. The third-order valence-corrected chi connectivity index (χ3v) is 6.43. The second kappa shape index (κ2) is 9.78. The second-order valence-corrected chi connectivity index (χ2v) is 8.40. The molecular weight excluding hydrogens is 424 g/mol. The molecule has 0 saturated heterocycles. The largest absolute Gasteiger partial charge is 0.497 e. The van der Waals surface area contributed by atoms with Gasteiger partial charge >= 0.3 is 5.97 Å². The fraction of sp³-hybridized carbons (Fsp3) is 0.240. The van der Waals surface area contributed by atoms with Crippen LogP contribution < -0.4 is 10.1 Å². The summed E-state index contributed by atoms with van der Waals surface area (Å²) >= 11 is 1.58. The number of thiophene rings is 1. The lowest BCUT2D eigenvalue weighted by atomic mass is 10.1. The summed E-state index contributed by atoms with van der Waals surface area (Å²) in [6.45, 7) is 2.08. The van der Waals surface area contributed by atoms with E-state index in [1.165, 1.54) is 4.88 Å². The van der Waals surface area contributed by atoms with E-state index in [9.17, 15) is 9.59 Å². The molecule has 7 heteroatoms. The van der Waals surface area contributed by atoms with Crippen molar-refractivity contribution in [3.8, 4) is 5.75 Å². The number of nitrogens with one attached hydrogen (secondary N) is 1. The van der Waals surface area contributed by atoms with E-state index in [0.717, 1.165) is 36.1 Å². The number of methoxy groups -OCH3 is 1. The summed E-state index contributed by atoms with van der Waals surface area (Å²) in [5.74, 6) is 0.220. The molecule has 1 N–H and O–H groups in total. The van der Waals surface area contributed by atoms with Gasteiger partial charge in [-0.3, -0.25) is 4.79 Å². The van der Waals surface area contributed by atoms with Crippen LogP contribution in [0.4, 0.5) is 10.7 Å². The Bertz CT molecular complexity index is 1150. The van der Waals surface area contributed by atoms with Gasteiger partial charge < -0.3 is 14.8 Å². The first-order valence-corrected chi connectivity index (χ1v) is 11.3. The molecule has 3 aromatic rings. The monoisotopic (exact) mass is 448 g/mol. The molecule has 0 bridgehead atoms. The van der Waals surface area contributed by atoms with Crippen molar-refractivity contribution in [2.24, 2.45) is 4.99 Å². The third kappa shape index (κ3) is 4.73. The van der Waals surface area contributed by atoms with E-state index in [1.807, 2.05) is 24.3 Å². The van der Waals surface area contributed by atoms with Crippen molar-refractivity contribution in [1.82, 2.24) is 0 Å². The fourth-order valence-corrected chi connectivity index (χ4v) is 4.87. The summed E-state index contributed by atoms with van der Waals surface area (Å²) in [7, 11) is 1.63. The molecule has 0 fully saturated rings. The number of ether oxygens (including phenoxy) is 2. The van der Waals surface area contributed by atoms with E-state index in [2.05, 4.69) is 10.3 Å². The van der Waals surface area contributed by atoms with Crippen LogP contribution in [0, 0.1) is 0 Å². The van der Waals surface area contributed by atoms with Crippen molar-refractivity contribution in [2.75, 3.05) is 19.0 Å². The van der Waals surface area contributed by atoms with Crippen LogP contribution >= 0.6 is 11.3 Å². The zero-order valence-electron chi connectivity index (χ0n) is 18.0. The highest BCUT2D eigenvalue weighted by Crippen LogP contribution is 2.41. The number of hydrogen-bond acceptors (Lipinski definition) is 6. The Morgan fingerprint density at radius 2 is 1.84 bits per heavy atom. The number of aliphatic imine (C=N–C) groups is 1. The number of carbonyl (C=O) groups is 2. The van der Waals surface area contributed by atoms with E-state index in [4.69, 9.17) is 9.47 Å². The molecule has 1 amide bonds. The Labute approximate surface area is 190 Å². The van der Waals surface area contributed by atoms with Gasteiger partial charge in [0.05, 0.1) is 24.8 Å². The van der Waals surface area contributed by atoms with E-state index >= 15 is 0 Å². The highest BCUT2D eigenvalue weighted by Gasteiger charge is 2.26. The zero-order chi connectivity index (χ0) is 22.5. The molecule has 1 aliphatic carbocycles. The highest BCUT2D eigenvalue weighted by molar-refractivity contribution is 7.16. The van der Waals surface area contributed by atoms with Gasteiger partial charge in [-0.2, -0.15) is 0 Å². The molecule has 1 aliphatic rings. The lowest BCUT2D eigenvalue weighted by Gasteiger charge is -2.08. The molecule has 32 heavy (non-hydrogen) atoms. The third-order valence-electron chi connectivity index (χ3n) is 5.23. The maximum Gasteiger partial charge on any atom is 0.338 e. The Hall–Kier alpha value is -3.45. The maximum absolute atomic E-state index is 13.2. The van der Waals surface area contributed by atoms with Gasteiger partial charge in [0.15, 0.2) is 0 Å². The SMILES string of the molecule is CCOC(=O)c1ccc(NC(=O)c2c(/N=C/c3ccc(OC)cc3)sc3c2CCC3)cc1. The van der Waals surface area contributed by atoms with Crippen LogP contribution in [0.1, 0.15) is 50.1 Å². The molecule has 0 unspecified atom stereocenters. The molecule has 0 radical (unpaired) electrons. The van der Waals surface area contributed by atoms with Crippen molar-refractivity contribution in [3.63, 3.8) is 0 Å². The first-order chi connectivity index (χ1) is 15.6. The number of hydrogen-bond donors (Lipinski definition) is 1. The van der Waals surface area contributed by atoms with Gasteiger partial charge in [-0.1, -0.05) is 0 Å². The Kier molecular flexibility index (Phi) is 6.66. The van der Waals surface area contributed by atoms with Gasteiger partial charge in [-0.25, -0.2) is 9.79 Å². The summed E-state index contributed by atoms with van der Waals surface area (Å²) in [5, 5.41) is 3.67. The van der Waals surface area contributed by atoms with Crippen LogP contribution in [0.15, 0.2) is 53.5 Å². The van der Waals surface area contributed by atoms with E-state index < -0.39 is 0 Å². The summed E-state index contributed by atoms with van der Waals surface area (Å²) in [6, 6.07) is 14.3. The summed E-state index contributed by atoms with van der Waals surface area (Å²) < 4.78 is 10.2. The molecular formula is C25H24N2O4S. The summed E-state index contributed by atoms with van der Waals surface area (Å²) in [6.07, 6.45) is 4.69. The molecule has 0 aliphatic heterocycles. The summed E-state index contributed by atoms with van der Waals surface area (Å²) in [5.41, 5.74) is 3.73. The van der Waals surface area contributed by atoms with Crippen molar-refractivity contribution < 1.29 is 19.1 Å². The second-order valence-electron chi connectivity index (χ2n) is 7.32. The molecule has 1 aromatic heterocycles. The normalized spacial score (nSPS) is 12.6. The number of rotatable bonds is 7. The zero-order valence-corrected chi connectivity index (χ0v) is 18.8. The van der Waals surface area contributed by atoms with Crippen molar-refractivity contribution in [2.45, 2.75) is 26.2 Å². The lowest BCUT2D eigenvalue weighted by molar-refractivity contribution is 0.0526. The van der Waals surface area contributed by atoms with Gasteiger partial charge in [0, 0.05) is 16.8 Å². The van der Waals surface area contributed by atoms with Gasteiger partial charge in [-0.05, 0) is 85.8 Å². The quantitative estimate of drug-likeness (QED) is 0.386. The number of aryl methyl sites for hydroxylation is 1. The minimum atomic E-state index is -0.379. The smallest absolute Gasteiger partial charge is 0.338 e. The van der Waals surface area contributed by atoms with E-state index in [-0.39, 0.29) is 11.9 Å². The molecule has 2 aromatic carbocycles. The first kappa shape index (κ1) is 21.8. The van der Waals surface area contributed by atoms with Crippen LogP contribution in [0.25, 0.3) is 0 Å².